The lowest BCUT2D eigenvalue weighted by Crippen LogP contribution is -2.49. The van der Waals surface area contributed by atoms with Gasteiger partial charge in [0.2, 0.25) is 15.9 Å². The van der Waals surface area contributed by atoms with Gasteiger partial charge in [-0.25, -0.2) is 13.4 Å². The van der Waals surface area contributed by atoms with Crippen LogP contribution in [-0.2, 0) is 26.0 Å². The molecule has 3 rings (SSSR count). The van der Waals surface area contributed by atoms with Crippen molar-refractivity contribution in [3.63, 3.8) is 0 Å². The second-order valence-corrected chi connectivity index (χ2v) is 8.10. The number of nitrogens with zero attached hydrogens (tertiary/aromatic N) is 3. The molecule has 3 heterocycles. The van der Waals surface area contributed by atoms with Crippen molar-refractivity contribution in [3.05, 3.63) is 36.3 Å². The molecule has 1 atom stereocenters. The van der Waals surface area contributed by atoms with Gasteiger partial charge in [-0.2, -0.15) is 4.31 Å². The number of carbonyl (C=O) groups is 1. The molecule has 8 nitrogen and oxygen atoms in total. The number of morpholine rings is 1. The monoisotopic (exact) mass is 366 g/mol. The van der Waals surface area contributed by atoms with E-state index in [1.165, 1.54) is 10.6 Å². The highest BCUT2D eigenvalue weighted by atomic mass is 32.2. The number of aromatic nitrogens is 2. The summed E-state index contributed by atoms with van der Waals surface area (Å²) in [6.45, 7) is 1.27. The number of nitrogens with one attached hydrogen (secondary N) is 1. The Morgan fingerprint density at radius 2 is 2.28 bits per heavy atom. The number of ether oxygens (including phenoxy) is 1. The van der Waals surface area contributed by atoms with Crippen molar-refractivity contribution < 1.29 is 17.9 Å². The smallest absolute Gasteiger partial charge is 0.220 e. The minimum absolute atomic E-state index is 0.0999. The van der Waals surface area contributed by atoms with Crippen molar-refractivity contribution in [3.8, 4) is 0 Å². The molecule has 9 heteroatoms. The number of fused-ring (bicyclic) bond motifs is 1. The molecule has 0 unspecified atom stereocenters. The molecule has 0 spiro atoms. The predicted molar refractivity (Wildman–Crippen MR) is 92.7 cm³/mol. The molecule has 0 bridgehead atoms. The van der Waals surface area contributed by atoms with E-state index in [9.17, 15) is 13.2 Å². The van der Waals surface area contributed by atoms with Gasteiger partial charge in [-0.3, -0.25) is 4.79 Å². The second kappa shape index (κ2) is 7.51. The standard InChI is InChI=1S/C16H22N4O4S/c1-25(22,23)20-8-9-24-14(12-20)10-17-16(21)6-5-13-11-19-7-3-2-4-15(19)18-13/h2-4,7,11,14H,5-6,8-10,12H2,1H3,(H,17,21)/t14-/m1/s1. The molecule has 1 aliphatic heterocycles. The molecular weight excluding hydrogens is 344 g/mol. The van der Waals surface area contributed by atoms with Gasteiger partial charge in [0.25, 0.3) is 0 Å². The van der Waals surface area contributed by atoms with Gasteiger partial charge in [0.1, 0.15) is 5.65 Å². The van der Waals surface area contributed by atoms with Gasteiger partial charge in [-0.1, -0.05) is 6.07 Å². The molecule has 2 aromatic rings. The third-order valence-corrected chi connectivity index (χ3v) is 5.39. The van der Waals surface area contributed by atoms with E-state index in [2.05, 4.69) is 10.3 Å². The highest BCUT2D eigenvalue weighted by molar-refractivity contribution is 7.88. The van der Waals surface area contributed by atoms with Crippen molar-refractivity contribution in [1.29, 1.82) is 0 Å². The van der Waals surface area contributed by atoms with Crippen LogP contribution in [0.25, 0.3) is 5.65 Å². The van der Waals surface area contributed by atoms with Crippen molar-refractivity contribution in [2.75, 3.05) is 32.5 Å². The Morgan fingerprint density at radius 1 is 1.44 bits per heavy atom. The van der Waals surface area contributed by atoms with Crippen molar-refractivity contribution in [1.82, 2.24) is 19.0 Å². The van der Waals surface area contributed by atoms with Crippen LogP contribution in [0.3, 0.4) is 0 Å². The minimum atomic E-state index is -3.23. The predicted octanol–water partition coefficient (Wildman–Crippen LogP) is 0.0435. The quantitative estimate of drug-likeness (QED) is 0.779. The summed E-state index contributed by atoms with van der Waals surface area (Å²) < 4.78 is 32.0. The van der Waals surface area contributed by atoms with Crippen LogP contribution in [0.5, 0.6) is 0 Å². The minimum Gasteiger partial charge on any atom is -0.374 e. The van der Waals surface area contributed by atoms with Gasteiger partial charge in [0.05, 0.1) is 24.7 Å². The van der Waals surface area contributed by atoms with Crippen LogP contribution in [0.15, 0.2) is 30.6 Å². The van der Waals surface area contributed by atoms with Crippen LogP contribution < -0.4 is 5.32 Å². The Kier molecular flexibility index (Phi) is 5.36. The maximum atomic E-state index is 12.0. The third-order valence-electron chi connectivity index (χ3n) is 4.12. The van der Waals surface area contributed by atoms with Gasteiger partial charge in [-0.15, -0.1) is 0 Å². The number of imidazole rings is 1. The molecule has 1 fully saturated rings. The fraction of sp³-hybridized carbons (Fsp3) is 0.500. The summed E-state index contributed by atoms with van der Waals surface area (Å²) in [5.41, 5.74) is 1.72. The van der Waals surface area contributed by atoms with Gasteiger partial charge in [0.15, 0.2) is 0 Å². The Morgan fingerprint density at radius 3 is 3.04 bits per heavy atom. The molecule has 0 saturated carbocycles. The van der Waals surface area contributed by atoms with Gasteiger partial charge in [0, 0.05) is 38.4 Å². The molecule has 2 aromatic heterocycles. The van der Waals surface area contributed by atoms with E-state index in [4.69, 9.17) is 4.74 Å². The topological polar surface area (TPSA) is 93.0 Å². The second-order valence-electron chi connectivity index (χ2n) is 6.12. The highest BCUT2D eigenvalue weighted by Crippen LogP contribution is 2.09. The number of sulfonamides is 1. The molecule has 0 aromatic carbocycles. The summed E-state index contributed by atoms with van der Waals surface area (Å²) in [5.74, 6) is -0.0999. The largest absolute Gasteiger partial charge is 0.374 e. The third kappa shape index (κ3) is 4.77. The van der Waals surface area contributed by atoms with Crippen LogP contribution in [-0.4, -0.2) is 66.6 Å². The average molecular weight is 366 g/mol. The summed E-state index contributed by atoms with van der Waals surface area (Å²) >= 11 is 0. The fourth-order valence-corrected chi connectivity index (χ4v) is 3.63. The number of amides is 1. The molecule has 1 aliphatic rings. The first-order valence-corrected chi connectivity index (χ1v) is 10.0. The van der Waals surface area contributed by atoms with E-state index in [0.29, 0.717) is 32.5 Å². The fourth-order valence-electron chi connectivity index (χ4n) is 2.78. The van der Waals surface area contributed by atoms with E-state index < -0.39 is 10.0 Å². The number of carbonyl (C=O) groups excluding carboxylic acids is 1. The van der Waals surface area contributed by atoms with E-state index >= 15 is 0 Å². The normalized spacial score (nSPS) is 19.2. The summed E-state index contributed by atoms with van der Waals surface area (Å²) in [6, 6.07) is 5.76. The molecule has 136 valence electrons. The molecule has 25 heavy (non-hydrogen) atoms. The van der Waals surface area contributed by atoms with E-state index in [1.807, 2.05) is 35.0 Å². The van der Waals surface area contributed by atoms with Crippen molar-refractivity contribution in [2.45, 2.75) is 18.9 Å². The van der Waals surface area contributed by atoms with Crippen LogP contribution >= 0.6 is 0 Å². The van der Waals surface area contributed by atoms with E-state index in [1.54, 1.807) is 0 Å². The lowest BCUT2D eigenvalue weighted by Gasteiger charge is -2.31. The Bertz CT molecular complexity index is 816. The number of rotatable bonds is 6. The highest BCUT2D eigenvalue weighted by Gasteiger charge is 2.26. The molecule has 0 aliphatic carbocycles. The molecule has 1 amide bonds. The first-order chi connectivity index (χ1) is 11.9. The summed E-state index contributed by atoms with van der Waals surface area (Å²) in [7, 11) is -3.23. The van der Waals surface area contributed by atoms with Crippen LogP contribution in [0.2, 0.25) is 0 Å². The lowest BCUT2D eigenvalue weighted by molar-refractivity contribution is -0.122. The van der Waals surface area contributed by atoms with Gasteiger partial charge in [-0.05, 0) is 18.6 Å². The first-order valence-electron chi connectivity index (χ1n) is 8.18. The Hall–Kier alpha value is -1.97. The lowest BCUT2D eigenvalue weighted by atomic mass is 10.2. The molecule has 1 saturated heterocycles. The maximum absolute atomic E-state index is 12.0. The summed E-state index contributed by atoms with van der Waals surface area (Å²) in [6.07, 6.45) is 5.57. The molecule has 0 radical (unpaired) electrons. The number of hydrogen-bond donors (Lipinski definition) is 1. The average Bonchev–Trinajstić information content (AvgIpc) is 3.00. The maximum Gasteiger partial charge on any atom is 0.220 e. The SMILES string of the molecule is CS(=O)(=O)N1CCO[C@H](CNC(=O)CCc2cn3ccccc3n2)C1. The van der Waals surface area contributed by atoms with Gasteiger partial charge >= 0.3 is 0 Å². The van der Waals surface area contributed by atoms with E-state index in [0.717, 1.165) is 11.3 Å². The molecular formula is C16H22N4O4S. The summed E-state index contributed by atoms with van der Waals surface area (Å²) in [4.78, 5) is 16.5. The van der Waals surface area contributed by atoms with Crippen molar-refractivity contribution >= 4 is 21.6 Å². The first kappa shape index (κ1) is 17.8. The van der Waals surface area contributed by atoms with Crippen LogP contribution in [0, 0.1) is 0 Å². The zero-order chi connectivity index (χ0) is 17.9. The summed E-state index contributed by atoms with van der Waals surface area (Å²) in [5, 5.41) is 2.81. The van der Waals surface area contributed by atoms with Crippen LogP contribution in [0.4, 0.5) is 0 Å². The Balaban J connectivity index is 1.45. The van der Waals surface area contributed by atoms with E-state index in [-0.39, 0.29) is 18.6 Å². The number of aryl methyl sites for hydroxylation is 1. The Labute approximate surface area is 146 Å². The number of hydrogen-bond acceptors (Lipinski definition) is 5. The zero-order valence-corrected chi connectivity index (χ0v) is 14.9. The molecule has 1 N–H and O–H groups in total. The van der Waals surface area contributed by atoms with Crippen molar-refractivity contribution in [2.24, 2.45) is 0 Å². The van der Waals surface area contributed by atoms with Gasteiger partial charge < -0.3 is 14.5 Å². The van der Waals surface area contributed by atoms with Crippen LogP contribution in [0.1, 0.15) is 12.1 Å². The number of pyridine rings is 1. The zero-order valence-electron chi connectivity index (χ0n) is 14.1.